The molecule has 0 aliphatic rings. The minimum atomic E-state index is -0.610. The zero-order valence-corrected chi connectivity index (χ0v) is 10.0. The molecule has 0 saturated heterocycles. The third-order valence-electron chi connectivity index (χ3n) is 2.40. The monoisotopic (exact) mass is 248 g/mol. The minimum Gasteiger partial charge on any atom is -0.365 e. The lowest BCUT2D eigenvalue weighted by Crippen LogP contribution is -2.32. The molecule has 0 atom stereocenters. The molecule has 7 heteroatoms. The number of nitrogens with zero attached hydrogens (tertiary/aromatic N) is 3. The Morgan fingerprint density at radius 1 is 1.61 bits per heavy atom. The average molecular weight is 248 g/mol. The summed E-state index contributed by atoms with van der Waals surface area (Å²) < 4.78 is 0. The predicted molar refractivity (Wildman–Crippen MR) is 65.1 cm³/mol. The van der Waals surface area contributed by atoms with Gasteiger partial charge in [0.2, 0.25) is 5.91 Å². The van der Waals surface area contributed by atoms with E-state index in [9.17, 15) is 14.9 Å². The molecule has 0 spiro atoms. The summed E-state index contributed by atoms with van der Waals surface area (Å²) in [4.78, 5) is 22.9. The van der Waals surface area contributed by atoms with Crippen LogP contribution in [-0.4, -0.2) is 31.5 Å². The van der Waals surface area contributed by atoms with Crippen LogP contribution in [0.5, 0.6) is 0 Å². The van der Waals surface area contributed by atoms with Gasteiger partial charge in [-0.15, -0.1) is 0 Å². The molecule has 0 radical (unpaired) electrons. The summed E-state index contributed by atoms with van der Waals surface area (Å²) in [7, 11) is 3.18. The third kappa shape index (κ3) is 2.95. The van der Waals surface area contributed by atoms with Crippen LogP contribution in [0.25, 0.3) is 0 Å². The number of nitriles is 1. The summed E-state index contributed by atoms with van der Waals surface area (Å²) >= 11 is 0. The van der Waals surface area contributed by atoms with E-state index in [0.29, 0.717) is 5.69 Å². The van der Waals surface area contributed by atoms with Gasteiger partial charge in [0.1, 0.15) is 11.6 Å². The molecule has 0 unspecified atom stereocenters. The third-order valence-corrected chi connectivity index (χ3v) is 2.40. The number of likely N-dealkylation sites (N-methyl/N-ethyl adjacent to an activating group) is 2. The van der Waals surface area contributed by atoms with Gasteiger partial charge in [0.25, 0.3) is 5.69 Å². The summed E-state index contributed by atoms with van der Waals surface area (Å²) in [6.45, 7) is 0.110. The zero-order valence-electron chi connectivity index (χ0n) is 10.0. The fraction of sp³-hybridized carbons (Fsp3) is 0.273. The van der Waals surface area contributed by atoms with E-state index < -0.39 is 4.92 Å². The standard InChI is InChI=1S/C11H12N4O3/c1-13-11(16)7-14(2)9-3-4-10(15(17)18)8(5-9)6-12/h3-5H,7H2,1-2H3,(H,13,16). The number of hydrogen-bond donors (Lipinski definition) is 1. The van der Waals surface area contributed by atoms with Crippen LogP contribution in [0, 0.1) is 21.4 Å². The Balaban J connectivity index is 3.03. The van der Waals surface area contributed by atoms with Crippen LogP contribution >= 0.6 is 0 Å². The number of rotatable bonds is 4. The van der Waals surface area contributed by atoms with Gasteiger partial charge in [-0.25, -0.2) is 0 Å². The van der Waals surface area contributed by atoms with Gasteiger partial charge < -0.3 is 10.2 Å². The molecule has 1 N–H and O–H groups in total. The summed E-state index contributed by atoms with van der Waals surface area (Å²) in [6, 6.07) is 5.92. The van der Waals surface area contributed by atoms with E-state index in [-0.39, 0.29) is 23.7 Å². The second-order valence-corrected chi connectivity index (χ2v) is 3.60. The minimum absolute atomic E-state index is 0.0266. The van der Waals surface area contributed by atoms with Crippen molar-refractivity contribution in [1.82, 2.24) is 5.32 Å². The highest BCUT2D eigenvalue weighted by atomic mass is 16.6. The number of nitrogens with one attached hydrogen (secondary N) is 1. The number of nitro benzene ring substituents is 1. The molecule has 94 valence electrons. The highest BCUT2D eigenvalue weighted by Gasteiger charge is 2.15. The largest absolute Gasteiger partial charge is 0.365 e. The van der Waals surface area contributed by atoms with Crippen molar-refractivity contribution in [3.8, 4) is 6.07 Å². The Morgan fingerprint density at radius 2 is 2.28 bits per heavy atom. The van der Waals surface area contributed by atoms with Crippen molar-refractivity contribution in [2.45, 2.75) is 0 Å². The molecule has 0 aliphatic heterocycles. The van der Waals surface area contributed by atoms with Gasteiger partial charge in [-0.2, -0.15) is 5.26 Å². The maximum atomic E-state index is 11.2. The smallest absolute Gasteiger partial charge is 0.287 e. The van der Waals surface area contributed by atoms with Crippen LogP contribution in [0.2, 0.25) is 0 Å². The lowest BCUT2D eigenvalue weighted by atomic mass is 10.1. The lowest BCUT2D eigenvalue weighted by molar-refractivity contribution is -0.385. The van der Waals surface area contributed by atoms with Gasteiger partial charge in [0, 0.05) is 25.8 Å². The SMILES string of the molecule is CNC(=O)CN(C)c1ccc([N+](=O)[O-])c(C#N)c1. The average Bonchev–Trinajstić information content (AvgIpc) is 2.37. The van der Waals surface area contributed by atoms with E-state index in [1.807, 2.05) is 0 Å². The molecule has 1 rings (SSSR count). The zero-order chi connectivity index (χ0) is 13.7. The van der Waals surface area contributed by atoms with E-state index in [1.54, 1.807) is 18.0 Å². The number of nitro groups is 1. The van der Waals surface area contributed by atoms with Crippen LogP contribution in [0.4, 0.5) is 11.4 Å². The highest BCUT2D eigenvalue weighted by molar-refractivity contribution is 5.81. The second kappa shape index (κ2) is 5.63. The molecule has 0 heterocycles. The summed E-state index contributed by atoms with van der Waals surface area (Å²) in [6.07, 6.45) is 0. The molecule has 0 aromatic heterocycles. The van der Waals surface area contributed by atoms with Gasteiger partial charge in [0.05, 0.1) is 11.5 Å². The van der Waals surface area contributed by atoms with Gasteiger partial charge in [0.15, 0.2) is 0 Å². The molecular formula is C11H12N4O3. The molecule has 0 aliphatic carbocycles. The van der Waals surface area contributed by atoms with E-state index >= 15 is 0 Å². The van der Waals surface area contributed by atoms with Crippen LogP contribution in [0.1, 0.15) is 5.56 Å². The van der Waals surface area contributed by atoms with Gasteiger partial charge >= 0.3 is 0 Å². The number of amides is 1. The van der Waals surface area contributed by atoms with Crippen molar-refractivity contribution in [2.75, 3.05) is 25.5 Å². The van der Waals surface area contributed by atoms with Crippen LogP contribution in [-0.2, 0) is 4.79 Å². The molecular weight excluding hydrogens is 236 g/mol. The first-order valence-electron chi connectivity index (χ1n) is 5.10. The van der Waals surface area contributed by atoms with Crippen molar-refractivity contribution >= 4 is 17.3 Å². The molecule has 0 fully saturated rings. The molecule has 0 bridgehead atoms. The van der Waals surface area contributed by atoms with Crippen LogP contribution < -0.4 is 10.2 Å². The molecule has 7 nitrogen and oxygen atoms in total. The summed E-state index contributed by atoms with van der Waals surface area (Å²) in [5.74, 6) is -0.186. The fourth-order valence-corrected chi connectivity index (χ4v) is 1.40. The predicted octanol–water partition coefficient (Wildman–Crippen LogP) is 0.649. The first-order chi connectivity index (χ1) is 8.49. The molecule has 18 heavy (non-hydrogen) atoms. The number of hydrogen-bond acceptors (Lipinski definition) is 5. The number of carbonyl (C=O) groups excluding carboxylic acids is 1. The van der Waals surface area contributed by atoms with Gasteiger partial charge in [-0.05, 0) is 12.1 Å². The molecule has 0 saturated carbocycles. The Hall–Kier alpha value is -2.62. The normalized spacial score (nSPS) is 9.39. The summed E-state index contributed by atoms with van der Waals surface area (Å²) in [5, 5.41) is 22.0. The molecule has 1 aromatic carbocycles. The van der Waals surface area contributed by atoms with Crippen molar-refractivity contribution in [3.63, 3.8) is 0 Å². The van der Waals surface area contributed by atoms with E-state index in [0.717, 1.165) is 0 Å². The van der Waals surface area contributed by atoms with E-state index in [2.05, 4.69) is 5.32 Å². The topological polar surface area (TPSA) is 99.3 Å². The maximum Gasteiger partial charge on any atom is 0.287 e. The van der Waals surface area contributed by atoms with Crippen molar-refractivity contribution in [3.05, 3.63) is 33.9 Å². The molecule has 1 amide bonds. The quantitative estimate of drug-likeness (QED) is 0.623. The van der Waals surface area contributed by atoms with Crippen molar-refractivity contribution < 1.29 is 9.72 Å². The maximum absolute atomic E-state index is 11.2. The lowest BCUT2D eigenvalue weighted by Gasteiger charge is -2.18. The second-order valence-electron chi connectivity index (χ2n) is 3.60. The van der Waals surface area contributed by atoms with Crippen molar-refractivity contribution in [2.24, 2.45) is 0 Å². The number of anilines is 1. The fourth-order valence-electron chi connectivity index (χ4n) is 1.40. The highest BCUT2D eigenvalue weighted by Crippen LogP contribution is 2.23. The molecule has 1 aromatic rings. The van der Waals surface area contributed by atoms with E-state index in [4.69, 9.17) is 5.26 Å². The Kier molecular flexibility index (Phi) is 4.21. The van der Waals surface area contributed by atoms with Gasteiger partial charge in [-0.3, -0.25) is 14.9 Å². The number of carbonyl (C=O) groups is 1. The number of benzene rings is 1. The Morgan fingerprint density at radius 3 is 2.78 bits per heavy atom. The van der Waals surface area contributed by atoms with Crippen LogP contribution in [0.3, 0.4) is 0 Å². The summed E-state index contributed by atoms with van der Waals surface area (Å²) in [5.41, 5.74) is 0.302. The van der Waals surface area contributed by atoms with E-state index in [1.165, 1.54) is 25.2 Å². The first kappa shape index (κ1) is 13.4. The van der Waals surface area contributed by atoms with Crippen LogP contribution in [0.15, 0.2) is 18.2 Å². The first-order valence-corrected chi connectivity index (χ1v) is 5.10. The Bertz CT molecular complexity index is 522. The van der Waals surface area contributed by atoms with Gasteiger partial charge in [-0.1, -0.05) is 0 Å². The van der Waals surface area contributed by atoms with Crippen molar-refractivity contribution in [1.29, 1.82) is 5.26 Å². The Labute approximate surface area is 104 Å².